The van der Waals surface area contributed by atoms with Crippen molar-refractivity contribution in [2.75, 3.05) is 6.61 Å². The lowest BCUT2D eigenvalue weighted by Gasteiger charge is -2.14. The second-order valence-corrected chi connectivity index (χ2v) is 8.12. The summed E-state index contributed by atoms with van der Waals surface area (Å²) < 4.78 is 5.68. The SMILES string of the molecule is CCCOc1ccc(/C(=C\[C@H]2CCC(=O)N2)c2ccc(C3CC3)c(=O)[nH]2)cc1Cl. The van der Waals surface area contributed by atoms with Crippen molar-refractivity contribution in [1.82, 2.24) is 10.3 Å². The van der Waals surface area contributed by atoms with Crippen LogP contribution in [0, 0.1) is 0 Å². The third kappa shape index (κ3) is 4.56. The quantitative estimate of drug-likeness (QED) is 0.707. The predicted octanol–water partition coefficient (Wildman–Crippen LogP) is 4.40. The fourth-order valence-electron chi connectivity index (χ4n) is 3.66. The summed E-state index contributed by atoms with van der Waals surface area (Å²) in [6.45, 7) is 2.65. The van der Waals surface area contributed by atoms with Gasteiger partial charge in [-0.1, -0.05) is 36.7 Å². The first-order valence-corrected chi connectivity index (χ1v) is 10.6. The Kier molecular flexibility index (Phi) is 5.76. The van der Waals surface area contributed by atoms with Crippen LogP contribution >= 0.6 is 11.6 Å². The van der Waals surface area contributed by atoms with E-state index in [0.717, 1.165) is 48.1 Å². The number of halogens is 1. The standard InChI is InChI=1S/C23H25ClN2O3/c1-2-11-29-21-9-5-15(12-19(21)24)18(13-16-6-10-22(27)25-16)20-8-7-17(14-3-4-14)23(28)26-20/h5,7-9,12-14,16H,2-4,6,10-11H2,1H3,(H,25,27)(H,26,28)/b18-13+/t16-/m1/s1. The minimum Gasteiger partial charge on any atom is -0.492 e. The van der Waals surface area contributed by atoms with Crippen LogP contribution in [0.1, 0.15) is 61.8 Å². The summed E-state index contributed by atoms with van der Waals surface area (Å²) >= 11 is 6.45. The number of aromatic nitrogens is 1. The Balaban J connectivity index is 1.72. The van der Waals surface area contributed by atoms with E-state index in [9.17, 15) is 9.59 Å². The average molecular weight is 413 g/mol. The number of rotatable bonds is 7. The van der Waals surface area contributed by atoms with Crippen LogP contribution in [0.3, 0.4) is 0 Å². The zero-order valence-corrected chi connectivity index (χ0v) is 17.2. The van der Waals surface area contributed by atoms with Crippen LogP contribution in [0.25, 0.3) is 5.57 Å². The van der Waals surface area contributed by atoms with Gasteiger partial charge in [0, 0.05) is 29.3 Å². The van der Waals surface area contributed by atoms with Crippen LogP contribution in [0.15, 0.2) is 41.2 Å². The fourth-order valence-corrected chi connectivity index (χ4v) is 3.90. The lowest BCUT2D eigenvalue weighted by Crippen LogP contribution is -2.23. The monoisotopic (exact) mass is 412 g/mol. The van der Waals surface area contributed by atoms with Crippen LogP contribution in [0.4, 0.5) is 0 Å². The number of aromatic amines is 1. The smallest absolute Gasteiger partial charge is 0.251 e. The van der Waals surface area contributed by atoms with E-state index in [-0.39, 0.29) is 17.5 Å². The molecule has 1 aliphatic carbocycles. The summed E-state index contributed by atoms with van der Waals surface area (Å²) in [4.78, 5) is 27.3. The van der Waals surface area contributed by atoms with Crippen LogP contribution < -0.4 is 15.6 Å². The van der Waals surface area contributed by atoms with E-state index in [4.69, 9.17) is 16.3 Å². The highest BCUT2D eigenvalue weighted by atomic mass is 35.5. The molecule has 2 N–H and O–H groups in total. The van der Waals surface area contributed by atoms with Crippen molar-refractivity contribution in [3.8, 4) is 5.75 Å². The lowest BCUT2D eigenvalue weighted by molar-refractivity contribution is -0.119. The topological polar surface area (TPSA) is 71.2 Å². The molecular weight excluding hydrogens is 388 g/mol. The van der Waals surface area contributed by atoms with E-state index >= 15 is 0 Å². The van der Waals surface area contributed by atoms with Gasteiger partial charge in [-0.15, -0.1) is 0 Å². The normalized spacial score (nSPS) is 19.3. The molecule has 0 unspecified atom stereocenters. The molecule has 2 aliphatic rings. The zero-order chi connectivity index (χ0) is 20.4. The molecule has 0 bridgehead atoms. The molecule has 6 heteroatoms. The van der Waals surface area contributed by atoms with E-state index in [1.54, 1.807) is 0 Å². The highest BCUT2D eigenvalue weighted by Crippen LogP contribution is 2.38. The number of carbonyl (C=O) groups is 1. The molecule has 1 atom stereocenters. The Labute approximate surface area is 175 Å². The zero-order valence-electron chi connectivity index (χ0n) is 16.5. The molecule has 1 saturated carbocycles. The number of pyridine rings is 1. The maximum Gasteiger partial charge on any atom is 0.251 e. The second kappa shape index (κ2) is 8.46. The molecule has 1 aromatic heterocycles. The summed E-state index contributed by atoms with van der Waals surface area (Å²) in [5, 5.41) is 3.49. The minimum absolute atomic E-state index is 0.0413. The van der Waals surface area contributed by atoms with Crippen molar-refractivity contribution in [3.05, 3.63) is 68.6 Å². The summed E-state index contributed by atoms with van der Waals surface area (Å²) in [5.74, 6) is 1.08. The van der Waals surface area contributed by atoms with Crippen LogP contribution in [-0.2, 0) is 4.79 Å². The Bertz CT molecular complexity index is 1010. The maximum atomic E-state index is 12.6. The van der Waals surface area contributed by atoms with Gasteiger partial charge in [-0.2, -0.15) is 0 Å². The molecular formula is C23H25ClN2O3. The largest absolute Gasteiger partial charge is 0.492 e. The predicted molar refractivity (Wildman–Crippen MR) is 115 cm³/mol. The second-order valence-electron chi connectivity index (χ2n) is 7.72. The number of carbonyl (C=O) groups excluding carboxylic acids is 1. The summed E-state index contributed by atoms with van der Waals surface area (Å²) in [6.07, 6.45) is 6.31. The molecule has 2 heterocycles. The summed E-state index contributed by atoms with van der Waals surface area (Å²) in [7, 11) is 0. The first-order chi connectivity index (χ1) is 14.0. The molecule has 2 fully saturated rings. The van der Waals surface area contributed by atoms with Gasteiger partial charge in [0.1, 0.15) is 5.75 Å². The number of benzene rings is 1. The number of nitrogens with one attached hydrogen (secondary N) is 2. The molecule has 1 aliphatic heterocycles. The number of amides is 1. The molecule has 29 heavy (non-hydrogen) atoms. The van der Waals surface area contributed by atoms with Crippen molar-refractivity contribution in [2.45, 2.75) is 51.0 Å². The van der Waals surface area contributed by atoms with Crippen molar-refractivity contribution >= 4 is 23.1 Å². The molecule has 1 amide bonds. The van der Waals surface area contributed by atoms with Crippen LogP contribution in [-0.4, -0.2) is 23.5 Å². The molecule has 0 spiro atoms. The molecule has 0 radical (unpaired) electrons. The molecule has 4 rings (SSSR count). The van der Waals surface area contributed by atoms with Gasteiger partial charge >= 0.3 is 0 Å². The van der Waals surface area contributed by atoms with E-state index < -0.39 is 0 Å². The van der Waals surface area contributed by atoms with E-state index in [2.05, 4.69) is 10.3 Å². The van der Waals surface area contributed by atoms with E-state index in [1.165, 1.54) is 0 Å². The Morgan fingerprint density at radius 1 is 1.21 bits per heavy atom. The highest BCUT2D eigenvalue weighted by molar-refractivity contribution is 6.32. The number of ether oxygens (including phenoxy) is 1. The van der Waals surface area contributed by atoms with Gasteiger partial charge < -0.3 is 15.0 Å². The van der Waals surface area contributed by atoms with Gasteiger partial charge in [0.25, 0.3) is 5.56 Å². The number of hydrogen-bond donors (Lipinski definition) is 2. The van der Waals surface area contributed by atoms with Gasteiger partial charge in [0.2, 0.25) is 5.91 Å². The van der Waals surface area contributed by atoms with E-state index in [0.29, 0.717) is 29.7 Å². The Morgan fingerprint density at radius 2 is 2.03 bits per heavy atom. The van der Waals surface area contributed by atoms with Crippen molar-refractivity contribution < 1.29 is 9.53 Å². The lowest BCUT2D eigenvalue weighted by atomic mass is 9.98. The maximum absolute atomic E-state index is 12.6. The molecule has 1 aromatic carbocycles. The summed E-state index contributed by atoms with van der Waals surface area (Å²) in [5.41, 5.74) is 3.25. The molecule has 5 nitrogen and oxygen atoms in total. The average Bonchev–Trinajstić information content (AvgIpc) is 3.46. The van der Waals surface area contributed by atoms with Gasteiger partial charge in [-0.25, -0.2) is 0 Å². The van der Waals surface area contributed by atoms with Crippen LogP contribution in [0.5, 0.6) is 5.75 Å². The van der Waals surface area contributed by atoms with Crippen LogP contribution in [0.2, 0.25) is 5.02 Å². The minimum atomic E-state index is -0.0705. The van der Waals surface area contributed by atoms with Crippen molar-refractivity contribution in [2.24, 2.45) is 0 Å². The first-order valence-electron chi connectivity index (χ1n) is 10.2. The Hall–Kier alpha value is -2.53. The fraction of sp³-hybridized carbons (Fsp3) is 0.391. The number of H-pyrrole nitrogens is 1. The third-order valence-corrected chi connectivity index (χ3v) is 5.64. The van der Waals surface area contributed by atoms with Crippen molar-refractivity contribution in [1.29, 1.82) is 0 Å². The summed E-state index contributed by atoms with van der Waals surface area (Å²) in [6, 6.07) is 9.44. The highest BCUT2D eigenvalue weighted by Gasteiger charge is 2.26. The van der Waals surface area contributed by atoms with E-state index in [1.807, 2.05) is 43.3 Å². The van der Waals surface area contributed by atoms with Crippen molar-refractivity contribution in [3.63, 3.8) is 0 Å². The number of hydrogen-bond acceptors (Lipinski definition) is 3. The Morgan fingerprint density at radius 3 is 2.66 bits per heavy atom. The van der Waals surface area contributed by atoms with Gasteiger partial charge in [-0.3, -0.25) is 9.59 Å². The molecule has 1 saturated heterocycles. The molecule has 152 valence electrons. The first kappa shape index (κ1) is 19.8. The van der Waals surface area contributed by atoms with Gasteiger partial charge in [-0.05, 0) is 55.4 Å². The van der Waals surface area contributed by atoms with Gasteiger partial charge in [0.05, 0.1) is 11.6 Å². The van der Waals surface area contributed by atoms with Gasteiger partial charge in [0.15, 0.2) is 0 Å². The molecule has 2 aromatic rings. The third-order valence-electron chi connectivity index (χ3n) is 5.35.